The van der Waals surface area contributed by atoms with Crippen molar-refractivity contribution in [1.29, 1.82) is 0 Å². The SMILES string of the molecule is CC1CCCN(c2ccc(Cl)cc2N[S+]([O-])c2ccc([S+]([O-])N(C)C)cc2)C1. The minimum Gasteiger partial charge on any atom is -0.593 e. The van der Waals surface area contributed by atoms with Gasteiger partial charge in [0, 0.05) is 56.5 Å². The van der Waals surface area contributed by atoms with Crippen molar-refractivity contribution in [3.05, 3.63) is 47.5 Å². The molecule has 0 aromatic heterocycles. The minimum atomic E-state index is -1.45. The molecule has 1 fully saturated rings. The van der Waals surface area contributed by atoms with Crippen LogP contribution in [0, 0.1) is 5.92 Å². The van der Waals surface area contributed by atoms with E-state index in [-0.39, 0.29) is 0 Å². The van der Waals surface area contributed by atoms with Gasteiger partial charge in [0.05, 0.1) is 17.0 Å². The molecule has 1 saturated heterocycles. The molecule has 152 valence electrons. The van der Waals surface area contributed by atoms with E-state index in [1.165, 1.54) is 6.42 Å². The number of halogens is 1. The lowest BCUT2D eigenvalue weighted by Gasteiger charge is -2.34. The third-order valence-corrected chi connectivity index (χ3v) is 7.41. The molecule has 5 nitrogen and oxygen atoms in total. The molecule has 0 radical (unpaired) electrons. The lowest BCUT2D eigenvalue weighted by Crippen LogP contribution is -2.34. The Morgan fingerprint density at radius 3 is 2.43 bits per heavy atom. The number of hydrogen-bond donors (Lipinski definition) is 1. The summed E-state index contributed by atoms with van der Waals surface area (Å²) in [5, 5.41) is 0.602. The maximum atomic E-state index is 12.9. The largest absolute Gasteiger partial charge is 0.593 e. The van der Waals surface area contributed by atoms with Crippen LogP contribution in [0.5, 0.6) is 0 Å². The number of hydrogen-bond acceptors (Lipinski definition) is 5. The van der Waals surface area contributed by atoms with E-state index in [4.69, 9.17) is 11.6 Å². The second kappa shape index (κ2) is 9.61. The molecule has 2 aromatic rings. The number of anilines is 2. The molecule has 1 aliphatic rings. The summed E-state index contributed by atoms with van der Waals surface area (Å²) in [5.74, 6) is 0.632. The molecule has 3 atom stereocenters. The second-order valence-electron chi connectivity index (χ2n) is 7.26. The van der Waals surface area contributed by atoms with Crippen molar-refractivity contribution in [3.8, 4) is 0 Å². The summed E-state index contributed by atoms with van der Waals surface area (Å²) < 4.78 is 29.8. The maximum Gasteiger partial charge on any atom is 0.180 e. The Bertz CT molecular complexity index is 792. The average Bonchev–Trinajstić information content (AvgIpc) is 2.67. The molecule has 0 bridgehead atoms. The number of nitrogens with zero attached hydrogens (tertiary/aromatic N) is 2. The van der Waals surface area contributed by atoms with E-state index in [0.717, 1.165) is 30.9 Å². The lowest BCUT2D eigenvalue weighted by atomic mass is 9.99. The van der Waals surface area contributed by atoms with Crippen LogP contribution in [0.25, 0.3) is 0 Å². The highest BCUT2D eigenvalue weighted by atomic mass is 35.5. The summed E-state index contributed by atoms with van der Waals surface area (Å²) in [7, 11) is 3.51. The first-order valence-electron chi connectivity index (χ1n) is 9.27. The predicted molar refractivity (Wildman–Crippen MR) is 119 cm³/mol. The van der Waals surface area contributed by atoms with Crippen LogP contribution < -0.4 is 9.62 Å². The highest BCUT2D eigenvalue weighted by Gasteiger charge is 2.22. The molecule has 28 heavy (non-hydrogen) atoms. The smallest absolute Gasteiger partial charge is 0.180 e. The van der Waals surface area contributed by atoms with E-state index in [9.17, 15) is 9.11 Å². The van der Waals surface area contributed by atoms with Crippen molar-refractivity contribution in [3.63, 3.8) is 0 Å². The second-order valence-corrected chi connectivity index (χ2v) is 10.6. The van der Waals surface area contributed by atoms with Crippen molar-refractivity contribution in [1.82, 2.24) is 4.31 Å². The molecule has 0 aliphatic carbocycles. The van der Waals surface area contributed by atoms with Crippen molar-refractivity contribution in [2.24, 2.45) is 5.92 Å². The van der Waals surface area contributed by atoms with Gasteiger partial charge in [-0.05, 0) is 37.0 Å². The van der Waals surface area contributed by atoms with Crippen molar-refractivity contribution >= 4 is 45.7 Å². The van der Waals surface area contributed by atoms with Gasteiger partial charge >= 0.3 is 0 Å². The van der Waals surface area contributed by atoms with Crippen LogP contribution in [-0.2, 0) is 22.7 Å². The molecule has 0 amide bonds. The Morgan fingerprint density at radius 1 is 1.11 bits per heavy atom. The fourth-order valence-corrected chi connectivity index (χ4v) is 5.15. The summed E-state index contributed by atoms with van der Waals surface area (Å²) in [6.07, 6.45) is 2.39. The molecule has 0 spiro atoms. The molecule has 1 heterocycles. The Hall–Kier alpha value is -1.09. The molecule has 0 saturated carbocycles. The van der Waals surface area contributed by atoms with E-state index >= 15 is 0 Å². The van der Waals surface area contributed by atoms with Gasteiger partial charge < -0.3 is 14.0 Å². The zero-order chi connectivity index (χ0) is 20.3. The number of benzene rings is 2. The number of rotatable bonds is 6. The molecule has 2 aromatic carbocycles. The predicted octanol–water partition coefficient (Wildman–Crippen LogP) is 4.30. The molecule has 3 unspecified atom stereocenters. The standard InChI is InChI=1S/C20H26ClN3O2S2/c1-15-5-4-12-24(14-15)20-11-6-16(21)13-19(20)22-27(25)17-7-9-18(10-8-17)28(26)23(2)3/h6-11,13,15,22H,4-5,12,14H2,1-3H3. The van der Waals surface area contributed by atoms with Gasteiger partial charge in [-0.1, -0.05) is 18.5 Å². The van der Waals surface area contributed by atoms with Crippen molar-refractivity contribution < 1.29 is 9.11 Å². The average molecular weight is 440 g/mol. The first kappa shape index (κ1) is 21.6. The zero-order valence-electron chi connectivity index (χ0n) is 16.4. The van der Waals surface area contributed by atoms with Crippen LogP contribution in [-0.4, -0.2) is 40.6 Å². The molecule has 8 heteroatoms. The van der Waals surface area contributed by atoms with Crippen LogP contribution in [0.2, 0.25) is 5.02 Å². The van der Waals surface area contributed by atoms with Crippen LogP contribution in [0.4, 0.5) is 11.4 Å². The number of piperidine rings is 1. The fraction of sp³-hybridized carbons (Fsp3) is 0.400. The minimum absolute atomic E-state index is 0.602. The van der Waals surface area contributed by atoms with Crippen LogP contribution in [0.1, 0.15) is 19.8 Å². The molecular weight excluding hydrogens is 414 g/mol. The van der Waals surface area contributed by atoms with Crippen LogP contribution >= 0.6 is 11.6 Å². The van der Waals surface area contributed by atoms with Gasteiger partial charge in [0.15, 0.2) is 9.79 Å². The van der Waals surface area contributed by atoms with Crippen LogP contribution in [0.15, 0.2) is 52.3 Å². The number of nitrogens with one attached hydrogen (secondary N) is 1. The van der Waals surface area contributed by atoms with Gasteiger partial charge in [0.25, 0.3) is 0 Å². The van der Waals surface area contributed by atoms with Gasteiger partial charge in [-0.2, -0.15) is 0 Å². The summed E-state index contributed by atoms with van der Waals surface area (Å²) in [6.45, 7) is 4.22. The highest BCUT2D eigenvalue weighted by Crippen LogP contribution is 2.33. The maximum absolute atomic E-state index is 12.9. The van der Waals surface area contributed by atoms with Crippen molar-refractivity contribution in [2.45, 2.75) is 29.6 Å². The quantitative estimate of drug-likeness (QED) is 0.680. The summed E-state index contributed by atoms with van der Waals surface area (Å²) in [5.41, 5.74) is 1.79. The Balaban J connectivity index is 1.78. The van der Waals surface area contributed by atoms with Crippen LogP contribution in [0.3, 0.4) is 0 Å². The normalized spacial score (nSPS) is 19.5. The van der Waals surface area contributed by atoms with Gasteiger partial charge in [0.2, 0.25) is 0 Å². The van der Waals surface area contributed by atoms with E-state index in [1.807, 2.05) is 18.2 Å². The molecular formula is C20H26ClN3O2S2. The Morgan fingerprint density at radius 2 is 1.79 bits per heavy atom. The first-order chi connectivity index (χ1) is 13.3. The molecule has 3 rings (SSSR count). The van der Waals surface area contributed by atoms with Crippen molar-refractivity contribution in [2.75, 3.05) is 36.8 Å². The van der Waals surface area contributed by atoms with Gasteiger partial charge in [-0.15, -0.1) is 4.31 Å². The van der Waals surface area contributed by atoms with Gasteiger partial charge in [-0.25, -0.2) is 4.72 Å². The molecule has 1 aliphatic heterocycles. The first-order valence-corrected chi connectivity index (χ1v) is 11.9. The van der Waals surface area contributed by atoms with E-state index in [1.54, 1.807) is 42.7 Å². The summed E-state index contributed by atoms with van der Waals surface area (Å²) >= 11 is 3.54. The lowest BCUT2D eigenvalue weighted by molar-refractivity contribution is 0.447. The Kier molecular flexibility index (Phi) is 7.42. The van der Waals surface area contributed by atoms with Gasteiger partial charge in [0.1, 0.15) is 17.0 Å². The zero-order valence-corrected chi connectivity index (χ0v) is 18.7. The third-order valence-electron chi connectivity index (χ3n) is 4.73. The summed E-state index contributed by atoms with van der Waals surface area (Å²) in [4.78, 5) is 3.63. The molecule has 1 N–H and O–H groups in total. The summed E-state index contributed by atoms with van der Waals surface area (Å²) in [6, 6.07) is 12.7. The third kappa shape index (κ3) is 5.28. The van der Waals surface area contributed by atoms with E-state index in [0.29, 0.717) is 20.7 Å². The fourth-order valence-electron chi connectivity index (χ4n) is 3.32. The monoisotopic (exact) mass is 439 g/mol. The highest BCUT2D eigenvalue weighted by molar-refractivity contribution is 7.92. The van der Waals surface area contributed by atoms with Gasteiger partial charge in [-0.3, -0.25) is 0 Å². The van der Waals surface area contributed by atoms with E-state index in [2.05, 4.69) is 16.5 Å². The Labute approximate surface area is 178 Å². The topological polar surface area (TPSA) is 64.6 Å². The van der Waals surface area contributed by atoms with E-state index < -0.39 is 22.7 Å².